The third-order valence-electron chi connectivity index (χ3n) is 4.99. The molecule has 0 saturated carbocycles. The molecule has 0 radical (unpaired) electrons. The van der Waals surface area contributed by atoms with Crippen LogP contribution in [0.15, 0.2) is 91.0 Å². The second kappa shape index (κ2) is 10.8. The van der Waals surface area contributed by atoms with Crippen molar-refractivity contribution in [2.45, 2.75) is 0 Å². The summed E-state index contributed by atoms with van der Waals surface area (Å²) in [7, 11) is 1.52. The van der Waals surface area contributed by atoms with Crippen LogP contribution in [-0.2, 0) is 9.53 Å². The zero-order valence-electron chi connectivity index (χ0n) is 18.8. The van der Waals surface area contributed by atoms with Gasteiger partial charge >= 0.3 is 5.97 Å². The number of carbonyl (C=O) groups is 3. The summed E-state index contributed by atoms with van der Waals surface area (Å²) in [5, 5.41) is 4.55. The topological polar surface area (TPSA) is 112 Å². The van der Waals surface area contributed by atoms with Gasteiger partial charge in [0.15, 0.2) is 12.3 Å². The monoisotopic (exact) mass is 470 g/mol. The van der Waals surface area contributed by atoms with Crippen LogP contribution in [0.25, 0.3) is 16.9 Å². The van der Waals surface area contributed by atoms with Crippen LogP contribution in [0.3, 0.4) is 0 Å². The van der Waals surface area contributed by atoms with Crippen molar-refractivity contribution in [3.05, 3.63) is 102 Å². The largest absolute Gasteiger partial charge is 0.497 e. The van der Waals surface area contributed by atoms with E-state index in [1.165, 1.54) is 11.8 Å². The number of nitrogens with zero attached hydrogens (tertiary/aromatic N) is 2. The van der Waals surface area contributed by atoms with E-state index in [9.17, 15) is 14.4 Å². The van der Waals surface area contributed by atoms with Crippen molar-refractivity contribution < 1.29 is 23.9 Å². The molecule has 9 heteroatoms. The van der Waals surface area contributed by atoms with Crippen molar-refractivity contribution in [1.82, 2.24) is 20.6 Å². The molecule has 35 heavy (non-hydrogen) atoms. The highest BCUT2D eigenvalue weighted by Crippen LogP contribution is 2.22. The summed E-state index contributed by atoms with van der Waals surface area (Å²) in [5.41, 5.74) is 7.05. The molecule has 2 amide bonds. The van der Waals surface area contributed by atoms with Gasteiger partial charge in [0, 0.05) is 11.1 Å². The number of esters is 1. The summed E-state index contributed by atoms with van der Waals surface area (Å²) in [4.78, 5) is 37.2. The van der Waals surface area contributed by atoms with Gasteiger partial charge in [0.1, 0.15) is 5.75 Å². The quantitative estimate of drug-likeness (QED) is 0.317. The van der Waals surface area contributed by atoms with Crippen LogP contribution in [0.2, 0.25) is 0 Å². The summed E-state index contributed by atoms with van der Waals surface area (Å²) >= 11 is 0. The Hall–Kier alpha value is -4.92. The third-order valence-corrected chi connectivity index (χ3v) is 4.99. The van der Waals surface area contributed by atoms with Gasteiger partial charge in [-0.15, -0.1) is 0 Å². The Balaban J connectivity index is 1.41. The summed E-state index contributed by atoms with van der Waals surface area (Å²) in [6, 6.07) is 26.5. The molecular formula is C26H22N4O5. The van der Waals surface area contributed by atoms with E-state index in [2.05, 4.69) is 16.0 Å². The van der Waals surface area contributed by atoms with Gasteiger partial charge in [0.05, 0.1) is 18.5 Å². The molecule has 0 spiro atoms. The van der Waals surface area contributed by atoms with Crippen LogP contribution in [-0.4, -0.2) is 41.3 Å². The van der Waals surface area contributed by atoms with Gasteiger partial charge in [-0.2, -0.15) is 5.10 Å². The smallest absolute Gasteiger partial charge is 0.357 e. The van der Waals surface area contributed by atoms with E-state index in [0.29, 0.717) is 22.7 Å². The van der Waals surface area contributed by atoms with Crippen molar-refractivity contribution in [2.24, 2.45) is 0 Å². The van der Waals surface area contributed by atoms with E-state index in [4.69, 9.17) is 9.47 Å². The molecule has 0 saturated heterocycles. The number of para-hydroxylation sites is 1. The zero-order valence-corrected chi connectivity index (χ0v) is 18.8. The summed E-state index contributed by atoms with van der Waals surface area (Å²) in [5.74, 6) is -1.36. The van der Waals surface area contributed by atoms with Crippen LogP contribution in [0.5, 0.6) is 5.75 Å². The van der Waals surface area contributed by atoms with Gasteiger partial charge in [0.2, 0.25) is 0 Å². The maximum absolute atomic E-state index is 12.8. The van der Waals surface area contributed by atoms with Crippen molar-refractivity contribution in [3.8, 4) is 22.7 Å². The van der Waals surface area contributed by atoms with Gasteiger partial charge in [-0.3, -0.25) is 20.4 Å². The highest BCUT2D eigenvalue weighted by Gasteiger charge is 2.20. The number of methoxy groups -OCH3 is 1. The second-order valence-corrected chi connectivity index (χ2v) is 7.34. The Bertz CT molecular complexity index is 1320. The molecule has 0 atom stereocenters. The van der Waals surface area contributed by atoms with Crippen LogP contribution in [0, 0.1) is 0 Å². The Morgan fingerprint density at radius 1 is 0.857 bits per heavy atom. The lowest BCUT2D eigenvalue weighted by Gasteiger charge is -2.09. The minimum absolute atomic E-state index is 0.158. The third kappa shape index (κ3) is 5.72. The molecule has 0 unspecified atom stereocenters. The molecule has 2 N–H and O–H groups in total. The van der Waals surface area contributed by atoms with E-state index >= 15 is 0 Å². The first-order chi connectivity index (χ1) is 17.0. The Labute approximate surface area is 201 Å². The number of carbonyl (C=O) groups excluding carboxylic acids is 3. The Kier molecular flexibility index (Phi) is 7.17. The first kappa shape index (κ1) is 23.2. The molecule has 3 aromatic carbocycles. The summed E-state index contributed by atoms with van der Waals surface area (Å²) in [6.07, 6.45) is 0. The highest BCUT2D eigenvalue weighted by atomic mass is 16.5. The zero-order chi connectivity index (χ0) is 24.6. The second-order valence-electron chi connectivity index (χ2n) is 7.34. The molecule has 1 aromatic heterocycles. The first-order valence-corrected chi connectivity index (χ1v) is 10.7. The number of hydrogen-bond donors (Lipinski definition) is 2. The molecule has 4 rings (SSSR count). The SMILES string of the molecule is COc1ccc(C(=O)NNC(=O)COC(=O)c2cc(-c3ccccc3)nn2-c2ccccc2)cc1. The standard InChI is InChI=1S/C26H22N4O5/c1-34-21-14-12-19(13-15-21)25(32)28-27-24(31)17-35-26(33)23-16-22(18-8-4-2-5-9-18)29-30(23)20-10-6-3-7-11-20/h2-16H,17H2,1H3,(H,27,31)(H,28,32). The fourth-order valence-corrected chi connectivity index (χ4v) is 3.22. The maximum atomic E-state index is 12.8. The van der Waals surface area contributed by atoms with Crippen LogP contribution >= 0.6 is 0 Å². The molecule has 0 fully saturated rings. The summed E-state index contributed by atoms with van der Waals surface area (Å²) in [6.45, 7) is -0.595. The lowest BCUT2D eigenvalue weighted by Crippen LogP contribution is -2.43. The van der Waals surface area contributed by atoms with Gasteiger partial charge in [-0.25, -0.2) is 9.48 Å². The van der Waals surface area contributed by atoms with Crippen molar-refractivity contribution >= 4 is 17.8 Å². The maximum Gasteiger partial charge on any atom is 0.357 e. The van der Waals surface area contributed by atoms with E-state index in [-0.39, 0.29) is 5.69 Å². The van der Waals surface area contributed by atoms with E-state index < -0.39 is 24.4 Å². The molecule has 0 aliphatic rings. The van der Waals surface area contributed by atoms with Crippen molar-refractivity contribution in [2.75, 3.05) is 13.7 Å². The number of hydrogen-bond acceptors (Lipinski definition) is 6. The van der Waals surface area contributed by atoms with E-state index in [0.717, 1.165) is 5.56 Å². The number of benzene rings is 3. The minimum Gasteiger partial charge on any atom is -0.497 e. The Morgan fingerprint density at radius 3 is 2.17 bits per heavy atom. The number of hydrazine groups is 1. The molecule has 1 heterocycles. The average Bonchev–Trinajstić information content (AvgIpc) is 3.37. The number of ether oxygens (including phenoxy) is 2. The Morgan fingerprint density at radius 2 is 1.51 bits per heavy atom. The fourth-order valence-electron chi connectivity index (χ4n) is 3.22. The van der Waals surface area contributed by atoms with Crippen LogP contribution in [0.4, 0.5) is 0 Å². The van der Waals surface area contributed by atoms with Gasteiger partial charge in [-0.05, 0) is 42.5 Å². The molecule has 0 aliphatic carbocycles. The summed E-state index contributed by atoms with van der Waals surface area (Å²) < 4.78 is 11.7. The molecular weight excluding hydrogens is 448 g/mol. The van der Waals surface area contributed by atoms with Crippen molar-refractivity contribution in [1.29, 1.82) is 0 Å². The predicted molar refractivity (Wildman–Crippen MR) is 128 cm³/mol. The predicted octanol–water partition coefficient (Wildman–Crippen LogP) is 3.17. The van der Waals surface area contributed by atoms with E-state index in [1.807, 2.05) is 48.5 Å². The van der Waals surface area contributed by atoms with Gasteiger partial charge in [0.25, 0.3) is 11.8 Å². The number of amides is 2. The normalized spacial score (nSPS) is 10.3. The highest BCUT2D eigenvalue weighted by molar-refractivity contribution is 5.96. The van der Waals surface area contributed by atoms with E-state index in [1.54, 1.807) is 42.5 Å². The number of nitrogens with one attached hydrogen (secondary N) is 2. The van der Waals surface area contributed by atoms with Crippen LogP contribution in [0.1, 0.15) is 20.8 Å². The molecule has 4 aromatic rings. The minimum atomic E-state index is -0.736. The number of aromatic nitrogens is 2. The van der Waals surface area contributed by atoms with Crippen LogP contribution < -0.4 is 15.6 Å². The van der Waals surface area contributed by atoms with Gasteiger partial charge in [-0.1, -0.05) is 48.5 Å². The molecule has 0 aliphatic heterocycles. The molecule has 0 bridgehead atoms. The molecule has 9 nitrogen and oxygen atoms in total. The molecule has 176 valence electrons. The van der Waals surface area contributed by atoms with Gasteiger partial charge < -0.3 is 9.47 Å². The fraction of sp³-hybridized carbons (Fsp3) is 0.0769. The van der Waals surface area contributed by atoms with Crippen molar-refractivity contribution in [3.63, 3.8) is 0 Å². The average molecular weight is 470 g/mol. The first-order valence-electron chi connectivity index (χ1n) is 10.7. The lowest BCUT2D eigenvalue weighted by atomic mass is 10.1. The number of rotatable bonds is 7. The lowest BCUT2D eigenvalue weighted by molar-refractivity contribution is -0.125.